The van der Waals surface area contributed by atoms with Gasteiger partial charge in [0.2, 0.25) is 0 Å². The van der Waals surface area contributed by atoms with Crippen molar-refractivity contribution in [1.82, 2.24) is 14.7 Å². The molecule has 0 spiro atoms. The van der Waals surface area contributed by atoms with Crippen molar-refractivity contribution in [2.75, 3.05) is 6.54 Å². The van der Waals surface area contributed by atoms with Crippen LogP contribution in [0, 0.1) is 12.7 Å². The van der Waals surface area contributed by atoms with E-state index in [0.717, 1.165) is 18.4 Å². The van der Waals surface area contributed by atoms with Crippen molar-refractivity contribution >= 4 is 17.5 Å². The molecule has 1 aliphatic heterocycles. The van der Waals surface area contributed by atoms with Crippen LogP contribution in [0.4, 0.5) is 4.39 Å². The van der Waals surface area contributed by atoms with Crippen LogP contribution in [0.15, 0.2) is 30.6 Å². The standard InChI is InChI=1S/C16H17ClFN3O/c1-11-8-19-20(9-11)10-12-4-3-7-21(12)16(22)15-13(17)5-2-6-14(15)18/h2,5-6,8-9,12H,3-4,7,10H2,1H3. The molecule has 1 fully saturated rings. The maximum Gasteiger partial charge on any atom is 0.258 e. The van der Waals surface area contributed by atoms with E-state index in [4.69, 9.17) is 11.6 Å². The molecule has 0 saturated carbocycles. The van der Waals surface area contributed by atoms with Crippen molar-refractivity contribution < 1.29 is 9.18 Å². The Hall–Kier alpha value is -1.88. The van der Waals surface area contributed by atoms with Crippen molar-refractivity contribution in [2.24, 2.45) is 0 Å². The predicted molar refractivity (Wildman–Crippen MR) is 82.4 cm³/mol. The fourth-order valence-electron chi connectivity index (χ4n) is 2.92. The van der Waals surface area contributed by atoms with E-state index in [0.29, 0.717) is 13.1 Å². The number of carbonyl (C=O) groups excluding carboxylic acids is 1. The highest BCUT2D eigenvalue weighted by Gasteiger charge is 2.32. The molecule has 1 saturated heterocycles. The van der Waals surface area contributed by atoms with Crippen LogP contribution in [0.3, 0.4) is 0 Å². The zero-order valence-corrected chi connectivity index (χ0v) is 13.1. The Morgan fingerprint density at radius 3 is 3.00 bits per heavy atom. The molecule has 116 valence electrons. The third-order valence-electron chi connectivity index (χ3n) is 3.97. The molecule has 0 N–H and O–H groups in total. The first kappa shape index (κ1) is 15.0. The summed E-state index contributed by atoms with van der Waals surface area (Å²) in [5.74, 6) is -0.910. The van der Waals surface area contributed by atoms with E-state index in [2.05, 4.69) is 5.10 Å². The molecule has 1 unspecified atom stereocenters. The van der Waals surface area contributed by atoms with Gasteiger partial charge < -0.3 is 4.90 Å². The van der Waals surface area contributed by atoms with Crippen LogP contribution >= 0.6 is 11.6 Å². The molecule has 6 heteroatoms. The Bertz CT molecular complexity index is 680. The smallest absolute Gasteiger partial charge is 0.258 e. The first-order chi connectivity index (χ1) is 10.6. The van der Waals surface area contributed by atoms with Gasteiger partial charge in [-0.25, -0.2) is 4.39 Å². The average molecular weight is 322 g/mol. The van der Waals surface area contributed by atoms with E-state index in [-0.39, 0.29) is 22.5 Å². The summed E-state index contributed by atoms with van der Waals surface area (Å²) in [6.07, 6.45) is 5.52. The van der Waals surface area contributed by atoms with Crippen molar-refractivity contribution in [3.05, 3.63) is 52.6 Å². The summed E-state index contributed by atoms with van der Waals surface area (Å²) >= 11 is 6.01. The highest BCUT2D eigenvalue weighted by Crippen LogP contribution is 2.26. The third kappa shape index (κ3) is 2.86. The fourth-order valence-corrected chi connectivity index (χ4v) is 3.17. The van der Waals surface area contributed by atoms with Gasteiger partial charge in [0.05, 0.1) is 29.4 Å². The van der Waals surface area contributed by atoms with Crippen LogP contribution < -0.4 is 0 Å². The predicted octanol–water partition coefficient (Wildman–Crippen LogP) is 3.29. The van der Waals surface area contributed by atoms with Gasteiger partial charge in [0.1, 0.15) is 5.82 Å². The summed E-state index contributed by atoms with van der Waals surface area (Å²) in [4.78, 5) is 14.4. The molecule has 1 amide bonds. The lowest BCUT2D eigenvalue weighted by atomic mass is 10.1. The number of hydrogen-bond acceptors (Lipinski definition) is 2. The normalized spacial score (nSPS) is 18.0. The van der Waals surface area contributed by atoms with Gasteiger partial charge in [-0.2, -0.15) is 5.10 Å². The topological polar surface area (TPSA) is 38.1 Å². The molecule has 3 rings (SSSR count). The summed E-state index contributed by atoms with van der Waals surface area (Å²) in [7, 11) is 0. The maximum atomic E-state index is 14.0. The van der Waals surface area contributed by atoms with Crippen LogP contribution in [0.25, 0.3) is 0 Å². The van der Waals surface area contributed by atoms with Crippen molar-refractivity contribution in [2.45, 2.75) is 32.4 Å². The SMILES string of the molecule is Cc1cnn(CC2CCCN2C(=O)c2c(F)cccc2Cl)c1. The lowest BCUT2D eigenvalue weighted by molar-refractivity contribution is 0.0717. The van der Waals surface area contributed by atoms with Crippen LogP contribution in [0.1, 0.15) is 28.8 Å². The summed E-state index contributed by atoms with van der Waals surface area (Å²) in [6.45, 7) is 3.21. The summed E-state index contributed by atoms with van der Waals surface area (Å²) in [5.41, 5.74) is 1.04. The first-order valence-electron chi connectivity index (χ1n) is 7.30. The summed E-state index contributed by atoms with van der Waals surface area (Å²) in [6, 6.07) is 4.32. The number of halogens is 2. The maximum absolute atomic E-state index is 14.0. The van der Waals surface area contributed by atoms with Crippen LogP contribution in [-0.2, 0) is 6.54 Å². The Morgan fingerprint density at radius 2 is 2.32 bits per heavy atom. The Labute approximate surface area is 133 Å². The Morgan fingerprint density at radius 1 is 1.50 bits per heavy atom. The van der Waals surface area contributed by atoms with Crippen LogP contribution in [0.5, 0.6) is 0 Å². The lowest BCUT2D eigenvalue weighted by Gasteiger charge is -2.25. The minimum atomic E-state index is -0.571. The highest BCUT2D eigenvalue weighted by atomic mass is 35.5. The van der Waals surface area contributed by atoms with Crippen molar-refractivity contribution in [3.8, 4) is 0 Å². The molecule has 1 aliphatic rings. The quantitative estimate of drug-likeness (QED) is 0.870. The number of benzene rings is 1. The molecule has 0 radical (unpaired) electrons. The van der Waals surface area contributed by atoms with Crippen molar-refractivity contribution in [3.63, 3.8) is 0 Å². The number of nitrogens with zero attached hydrogens (tertiary/aromatic N) is 3. The molecule has 1 atom stereocenters. The largest absolute Gasteiger partial charge is 0.334 e. The van der Waals surface area contributed by atoms with Gasteiger partial charge in [0.15, 0.2) is 0 Å². The molecule has 1 aromatic carbocycles. The molecule has 0 bridgehead atoms. The second kappa shape index (κ2) is 6.08. The van der Waals surface area contributed by atoms with E-state index in [1.807, 2.05) is 17.8 Å². The second-order valence-electron chi connectivity index (χ2n) is 5.63. The zero-order chi connectivity index (χ0) is 15.7. The van der Waals surface area contributed by atoms with Gasteiger partial charge in [-0.15, -0.1) is 0 Å². The molecule has 1 aromatic heterocycles. The summed E-state index contributed by atoms with van der Waals surface area (Å²) < 4.78 is 15.8. The molecule has 22 heavy (non-hydrogen) atoms. The van der Waals surface area contributed by atoms with E-state index >= 15 is 0 Å². The second-order valence-corrected chi connectivity index (χ2v) is 6.04. The number of aromatic nitrogens is 2. The minimum absolute atomic E-state index is 0.0162. The molecule has 2 heterocycles. The van der Waals surface area contributed by atoms with Gasteiger partial charge in [0.25, 0.3) is 5.91 Å². The number of amides is 1. The molecule has 2 aromatic rings. The third-order valence-corrected chi connectivity index (χ3v) is 4.29. The zero-order valence-electron chi connectivity index (χ0n) is 12.3. The number of hydrogen-bond donors (Lipinski definition) is 0. The number of carbonyl (C=O) groups is 1. The van der Waals surface area contributed by atoms with E-state index in [1.54, 1.807) is 17.2 Å². The van der Waals surface area contributed by atoms with Gasteiger partial charge in [-0.05, 0) is 37.5 Å². The van der Waals surface area contributed by atoms with Gasteiger partial charge >= 0.3 is 0 Å². The highest BCUT2D eigenvalue weighted by molar-refractivity contribution is 6.33. The van der Waals surface area contributed by atoms with Gasteiger partial charge in [-0.1, -0.05) is 17.7 Å². The summed E-state index contributed by atoms with van der Waals surface area (Å²) in [5, 5.41) is 4.42. The lowest BCUT2D eigenvalue weighted by Crippen LogP contribution is -2.38. The molecular weight excluding hydrogens is 305 g/mol. The average Bonchev–Trinajstić information content (AvgIpc) is 3.08. The van der Waals surface area contributed by atoms with Crippen LogP contribution in [0.2, 0.25) is 5.02 Å². The molecule has 0 aliphatic carbocycles. The van der Waals surface area contributed by atoms with E-state index in [1.165, 1.54) is 12.1 Å². The van der Waals surface area contributed by atoms with E-state index < -0.39 is 5.82 Å². The monoisotopic (exact) mass is 321 g/mol. The number of rotatable bonds is 3. The number of aryl methyl sites for hydroxylation is 1. The van der Waals surface area contributed by atoms with Gasteiger partial charge in [-0.3, -0.25) is 9.48 Å². The fraction of sp³-hybridized carbons (Fsp3) is 0.375. The Kier molecular flexibility index (Phi) is 4.16. The van der Waals surface area contributed by atoms with Crippen LogP contribution in [-0.4, -0.2) is 33.2 Å². The number of likely N-dealkylation sites (tertiary alicyclic amines) is 1. The molecule has 4 nitrogen and oxygen atoms in total. The Balaban J connectivity index is 1.82. The molecular formula is C16H17ClFN3O. The van der Waals surface area contributed by atoms with E-state index in [9.17, 15) is 9.18 Å². The minimum Gasteiger partial charge on any atom is -0.334 e. The van der Waals surface area contributed by atoms with Gasteiger partial charge in [0, 0.05) is 12.7 Å². The first-order valence-corrected chi connectivity index (χ1v) is 7.68. The van der Waals surface area contributed by atoms with Crippen molar-refractivity contribution in [1.29, 1.82) is 0 Å².